The molecule has 0 amide bonds. The average Bonchev–Trinajstić information content (AvgIpc) is 3.09. The molecular weight excluding hydrogens is 403 g/mol. The molecule has 0 bridgehead atoms. The van der Waals surface area contributed by atoms with Crippen molar-refractivity contribution in [2.45, 2.75) is 0 Å². The number of halogens is 1. The van der Waals surface area contributed by atoms with Crippen LogP contribution in [-0.2, 0) is 19.1 Å². The highest BCUT2D eigenvalue weighted by molar-refractivity contribution is 6.05. The molecule has 0 saturated heterocycles. The number of fused-ring (bicyclic) bond motifs is 1. The van der Waals surface area contributed by atoms with Crippen LogP contribution in [0.25, 0.3) is 22.6 Å². The number of rotatable bonds is 4. The van der Waals surface area contributed by atoms with Gasteiger partial charge in [-0.3, -0.25) is 0 Å². The van der Waals surface area contributed by atoms with Gasteiger partial charge in [0.2, 0.25) is 5.89 Å². The number of allylic oxidation sites excluding steroid dienone is 2. The van der Waals surface area contributed by atoms with Crippen LogP contribution in [0.1, 0.15) is 0 Å². The third kappa shape index (κ3) is 3.83. The van der Waals surface area contributed by atoms with Crippen LogP contribution in [0, 0.1) is 5.82 Å². The zero-order chi connectivity index (χ0) is 22.0. The summed E-state index contributed by atoms with van der Waals surface area (Å²) >= 11 is 0. The van der Waals surface area contributed by atoms with Crippen molar-refractivity contribution < 1.29 is 27.9 Å². The molecule has 31 heavy (non-hydrogen) atoms. The smallest absolute Gasteiger partial charge is 0.355 e. The molecule has 8 heteroatoms. The number of carbonyl (C=O) groups excluding carboxylic acids is 2. The van der Waals surface area contributed by atoms with Crippen molar-refractivity contribution in [1.82, 2.24) is 4.98 Å². The minimum atomic E-state index is -0.705. The molecule has 0 spiro atoms. The summed E-state index contributed by atoms with van der Waals surface area (Å²) in [4.78, 5) is 30.8. The van der Waals surface area contributed by atoms with E-state index in [2.05, 4.69) is 4.98 Å². The summed E-state index contributed by atoms with van der Waals surface area (Å²) in [6.45, 7) is 0. The fraction of sp³-hybridized carbons (Fsp3) is 0.0870. The number of ether oxygens (including phenoxy) is 2. The summed E-state index contributed by atoms with van der Waals surface area (Å²) in [7, 11) is 2.47. The van der Waals surface area contributed by atoms with E-state index < -0.39 is 11.9 Å². The number of carbonyl (C=O) groups is 2. The summed E-state index contributed by atoms with van der Waals surface area (Å²) in [5.41, 5.74) is 2.25. The Hall–Kier alpha value is -4.20. The molecule has 1 aromatic heterocycles. The van der Waals surface area contributed by atoms with Crippen molar-refractivity contribution in [3.63, 3.8) is 0 Å². The number of benzene rings is 2. The van der Waals surface area contributed by atoms with Gasteiger partial charge in [0.15, 0.2) is 5.58 Å². The molecule has 0 atom stereocenters. The standard InChI is InChI=1S/C23H17FN2O5/c1-29-22(27)17-5-3-4-12-26(20(17)23(28)30-2)16-10-11-19-18(13-16)25-21(31-19)14-6-8-15(24)9-7-14/h3-13H,1-2H3. The Kier molecular flexibility index (Phi) is 5.36. The highest BCUT2D eigenvalue weighted by Crippen LogP contribution is 2.31. The minimum Gasteiger partial charge on any atom is -0.465 e. The van der Waals surface area contributed by atoms with Gasteiger partial charge in [-0.25, -0.2) is 19.0 Å². The molecule has 0 aliphatic carbocycles. The number of hydrogen-bond donors (Lipinski definition) is 0. The fourth-order valence-corrected chi connectivity index (χ4v) is 3.15. The quantitative estimate of drug-likeness (QED) is 0.587. The van der Waals surface area contributed by atoms with Crippen LogP contribution in [-0.4, -0.2) is 31.1 Å². The molecule has 3 aromatic rings. The van der Waals surface area contributed by atoms with Crippen LogP contribution in [0.3, 0.4) is 0 Å². The monoisotopic (exact) mass is 420 g/mol. The second-order valence-corrected chi connectivity index (χ2v) is 6.49. The Morgan fingerprint density at radius 1 is 1.00 bits per heavy atom. The second-order valence-electron chi connectivity index (χ2n) is 6.49. The first-order valence-corrected chi connectivity index (χ1v) is 9.23. The summed E-state index contributed by atoms with van der Waals surface area (Å²) < 4.78 is 28.7. The van der Waals surface area contributed by atoms with Crippen LogP contribution in [0.15, 0.2) is 82.6 Å². The molecule has 7 nitrogen and oxygen atoms in total. The number of aromatic nitrogens is 1. The molecule has 0 radical (unpaired) electrons. The topological polar surface area (TPSA) is 81.9 Å². The van der Waals surface area contributed by atoms with Crippen LogP contribution in [0.2, 0.25) is 0 Å². The predicted molar refractivity (Wildman–Crippen MR) is 111 cm³/mol. The second kappa shape index (κ2) is 8.27. The first kappa shape index (κ1) is 20.1. The Morgan fingerprint density at radius 2 is 1.74 bits per heavy atom. The summed E-state index contributed by atoms with van der Waals surface area (Å²) in [6, 6.07) is 10.9. The Morgan fingerprint density at radius 3 is 2.45 bits per heavy atom. The van der Waals surface area contributed by atoms with E-state index >= 15 is 0 Å². The fourth-order valence-electron chi connectivity index (χ4n) is 3.15. The van der Waals surface area contributed by atoms with E-state index in [-0.39, 0.29) is 17.1 Å². The Balaban J connectivity index is 1.81. The van der Waals surface area contributed by atoms with Crippen molar-refractivity contribution >= 4 is 28.7 Å². The zero-order valence-corrected chi connectivity index (χ0v) is 16.7. The van der Waals surface area contributed by atoms with Crippen LogP contribution < -0.4 is 4.90 Å². The maximum atomic E-state index is 13.2. The highest BCUT2D eigenvalue weighted by atomic mass is 19.1. The molecular formula is C23H17FN2O5. The molecule has 1 aliphatic rings. The number of anilines is 1. The molecule has 2 aromatic carbocycles. The molecule has 0 saturated carbocycles. The van der Waals surface area contributed by atoms with Crippen molar-refractivity contribution in [1.29, 1.82) is 0 Å². The van der Waals surface area contributed by atoms with E-state index in [0.29, 0.717) is 28.2 Å². The maximum absolute atomic E-state index is 13.2. The predicted octanol–water partition coefficient (Wildman–Crippen LogP) is 4.12. The van der Waals surface area contributed by atoms with E-state index in [1.165, 1.54) is 37.3 Å². The summed E-state index contributed by atoms with van der Waals surface area (Å²) in [5.74, 6) is -1.40. The van der Waals surface area contributed by atoms with E-state index in [1.807, 2.05) is 0 Å². The first-order valence-electron chi connectivity index (χ1n) is 9.23. The van der Waals surface area contributed by atoms with Gasteiger partial charge in [-0.1, -0.05) is 6.08 Å². The van der Waals surface area contributed by atoms with Gasteiger partial charge in [-0.05, 0) is 54.6 Å². The van der Waals surface area contributed by atoms with E-state index in [9.17, 15) is 14.0 Å². The lowest BCUT2D eigenvalue weighted by Crippen LogP contribution is -2.26. The van der Waals surface area contributed by atoms with Crippen molar-refractivity contribution in [3.05, 3.63) is 84.0 Å². The summed E-state index contributed by atoms with van der Waals surface area (Å²) in [5, 5.41) is 0. The zero-order valence-electron chi connectivity index (χ0n) is 16.7. The van der Waals surface area contributed by atoms with E-state index in [4.69, 9.17) is 13.9 Å². The van der Waals surface area contributed by atoms with Crippen LogP contribution in [0.5, 0.6) is 0 Å². The van der Waals surface area contributed by atoms with Gasteiger partial charge < -0.3 is 18.8 Å². The van der Waals surface area contributed by atoms with Gasteiger partial charge in [0.1, 0.15) is 17.0 Å². The van der Waals surface area contributed by atoms with Gasteiger partial charge in [-0.2, -0.15) is 0 Å². The van der Waals surface area contributed by atoms with Crippen molar-refractivity contribution in [2.24, 2.45) is 0 Å². The third-order valence-corrected chi connectivity index (χ3v) is 4.63. The van der Waals surface area contributed by atoms with E-state index in [0.717, 1.165) is 0 Å². The molecule has 1 aliphatic heterocycles. The number of nitrogens with zero attached hydrogens (tertiary/aromatic N) is 2. The molecule has 0 unspecified atom stereocenters. The lowest BCUT2D eigenvalue weighted by Gasteiger charge is -2.22. The SMILES string of the molecule is COC(=O)C1=C(C(=O)OC)N(c2ccc3oc(-c4ccc(F)cc4)nc3c2)C=CC=C1. The van der Waals surface area contributed by atoms with Crippen LogP contribution >= 0.6 is 0 Å². The van der Waals surface area contributed by atoms with Gasteiger partial charge in [0.05, 0.1) is 19.8 Å². The number of methoxy groups -OCH3 is 2. The normalized spacial score (nSPS) is 13.5. The number of oxazole rings is 1. The molecule has 0 fully saturated rings. The van der Waals surface area contributed by atoms with E-state index in [1.54, 1.807) is 48.7 Å². The molecule has 4 rings (SSSR count). The molecule has 2 heterocycles. The first-order chi connectivity index (χ1) is 15.0. The third-order valence-electron chi connectivity index (χ3n) is 4.63. The molecule has 0 N–H and O–H groups in total. The van der Waals surface area contributed by atoms with Crippen molar-refractivity contribution in [3.8, 4) is 11.5 Å². The largest absolute Gasteiger partial charge is 0.465 e. The molecule has 156 valence electrons. The van der Waals surface area contributed by atoms with Gasteiger partial charge in [0, 0.05) is 17.5 Å². The summed E-state index contributed by atoms with van der Waals surface area (Å²) in [6.07, 6.45) is 6.41. The Labute approximate surface area is 176 Å². The van der Waals surface area contributed by atoms with Gasteiger partial charge >= 0.3 is 11.9 Å². The number of hydrogen-bond acceptors (Lipinski definition) is 7. The Bertz CT molecular complexity index is 1250. The van der Waals surface area contributed by atoms with Gasteiger partial charge in [0.25, 0.3) is 0 Å². The van der Waals surface area contributed by atoms with Crippen molar-refractivity contribution in [2.75, 3.05) is 19.1 Å². The lowest BCUT2D eigenvalue weighted by molar-refractivity contribution is -0.139. The minimum absolute atomic E-state index is 0.000882. The average molecular weight is 420 g/mol. The maximum Gasteiger partial charge on any atom is 0.355 e. The number of esters is 2. The highest BCUT2D eigenvalue weighted by Gasteiger charge is 2.27. The lowest BCUT2D eigenvalue weighted by atomic mass is 10.1. The van der Waals surface area contributed by atoms with Gasteiger partial charge in [-0.15, -0.1) is 0 Å². The van der Waals surface area contributed by atoms with Crippen LogP contribution in [0.4, 0.5) is 10.1 Å².